The molecule has 2 N–H and O–H groups in total. The fourth-order valence-corrected chi connectivity index (χ4v) is 2.10. The Morgan fingerprint density at radius 2 is 2.21 bits per heavy atom. The lowest BCUT2D eigenvalue weighted by Gasteiger charge is -2.27. The lowest BCUT2D eigenvalue weighted by atomic mass is 10.1. The van der Waals surface area contributed by atoms with E-state index in [-0.39, 0.29) is 5.91 Å². The molecule has 1 aromatic rings. The van der Waals surface area contributed by atoms with Crippen LogP contribution in [0.2, 0.25) is 0 Å². The van der Waals surface area contributed by atoms with Gasteiger partial charge in [-0.1, -0.05) is 0 Å². The number of carbonyl (C=O) groups excluding carboxylic acids is 1. The summed E-state index contributed by atoms with van der Waals surface area (Å²) < 4.78 is 0. The van der Waals surface area contributed by atoms with Crippen LogP contribution in [0.4, 0.5) is 5.69 Å². The van der Waals surface area contributed by atoms with Crippen molar-refractivity contribution in [3.8, 4) is 6.07 Å². The number of anilines is 1. The molecule has 1 aromatic carbocycles. The molecule has 5 heteroatoms. The molecule has 19 heavy (non-hydrogen) atoms. The molecule has 0 radical (unpaired) electrons. The van der Waals surface area contributed by atoms with Gasteiger partial charge in [-0.25, -0.2) is 0 Å². The quantitative estimate of drug-likeness (QED) is 0.838. The molecule has 0 aromatic heterocycles. The molecule has 1 aliphatic rings. The van der Waals surface area contributed by atoms with Crippen molar-refractivity contribution in [3.63, 3.8) is 0 Å². The molecule has 1 saturated heterocycles. The van der Waals surface area contributed by atoms with Gasteiger partial charge in [0, 0.05) is 31.9 Å². The Labute approximate surface area is 113 Å². The van der Waals surface area contributed by atoms with Crippen LogP contribution in [-0.2, 0) is 4.79 Å². The number of hydrogen-bond donors (Lipinski definition) is 2. The standard InChI is InChI=1S/C14H18N4O/c1-11-8-13(3-2-12(11)9-15)17-10-14(19)18-6-4-16-5-7-18/h2-3,8,16-17H,4-7,10H2,1H3. The third-order valence-electron chi connectivity index (χ3n) is 3.26. The molecule has 0 bridgehead atoms. The molecule has 0 atom stereocenters. The lowest BCUT2D eigenvalue weighted by molar-refractivity contribution is -0.129. The van der Waals surface area contributed by atoms with Gasteiger partial charge in [-0.2, -0.15) is 5.26 Å². The predicted octanol–water partition coefficient (Wildman–Crippen LogP) is 0.710. The van der Waals surface area contributed by atoms with Crippen LogP contribution >= 0.6 is 0 Å². The highest BCUT2D eigenvalue weighted by molar-refractivity contribution is 5.81. The van der Waals surface area contributed by atoms with Crippen LogP contribution in [0, 0.1) is 18.3 Å². The summed E-state index contributed by atoms with van der Waals surface area (Å²) in [5, 5.41) is 15.2. The molecule has 1 amide bonds. The normalized spacial score (nSPS) is 14.8. The summed E-state index contributed by atoms with van der Waals surface area (Å²) in [6.07, 6.45) is 0. The topological polar surface area (TPSA) is 68.2 Å². The van der Waals surface area contributed by atoms with Crippen molar-refractivity contribution in [2.24, 2.45) is 0 Å². The number of rotatable bonds is 3. The summed E-state index contributed by atoms with van der Waals surface area (Å²) in [5.74, 6) is 0.114. The maximum Gasteiger partial charge on any atom is 0.241 e. The highest BCUT2D eigenvalue weighted by Crippen LogP contribution is 2.14. The van der Waals surface area contributed by atoms with Gasteiger partial charge in [0.2, 0.25) is 5.91 Å². The zero-order valence-electron chi connectivity index (χ0n) is 11.1. The number of nitriles is 1. The summed E-state index contributed by atoms with van der Waals surface area (Å²) in [4.78, 5) is 13.8. The van der Waals surface area contributed by atoms with Crippen LogP contribution in [0.3, 0.4) is 0 Å². The van der Waals surface area contributed by atoms with Gasteiger partial charge >= 0.3 is 0 Å². The van der Waals surface area contributed by atoms with Crippen molar-refractivity contribution in [3.05, 3.63) is 29.3 Å². The first-order valence-corrected chi connectivity index (χ1v) is 6.44. The summed E-state index contributed by atoms with van der Waals surface area (Å²) in [6, 6.07) is 7.62. The maximum absolute atomic E-state index is 12.0. The van der Waals surface area contributed by atoms with E-state index in [1.165, 1.54) is 0 Å². The monoisotopic (exact) mass is 258 g/mol. The van der Waals surface area contributed by atoms with Crippen molar-refractivity contribution in [2.75, 3.05) is 38.0 Å². The number of carbonyl (C=O) groups is 1. The summed E-state index contributed by atoms with van der Waals surface area (Å²) in [7, 11) is 0. The molecule has 0 spiro atoms. The summed E-state index contributed by atoms with van der Waals surface area (Å²) in [6.45, 7) is 5.45. The molecule has 5 nitrogen and oxygen atoms in total. The first-order valence-electron chi connectivity index (χ1n) is 6.44. The van der Waals surface area contributed by atoms with E-state index in [9.17, 15) is 4.79 Å². The third-order valence-corrected chi connectivity index (χ3v) is 3.26. The predicted molar refractivity (Wildman–Crippen MR) is 73.8 cm³/mol. The van der Waals surface area contributed by atoms with Crippen LogP contribution in [-0.4, -0.2) is 43.5 Å². The molecule has 2 rings (SSSR count). The van der Waals surface area contributed by atoms with Gasteiger partial charge in [0.25, 0.3) is 0 Å². The van der Waals surface area contributed by atoms with Crippen molar-refractivity contribution >= 4 is 11.6 Å². The number of piperazine rings is 1. The Balaban J connectivity index is 1.89. The fraction of sp³-hybridized carbons (Fsp3) is 0.429. The van der Waals surface area contributed by atoms with Crippen molar-refractivity contribution in [1.29, 1.82) is 5.26 Å². The van der Waals surface area contributed by atoms with Crippen LogP contribution in [0.25, 0.3) is 0 Å². The van der Waals surface area contributed by atoms with Crippen LogP contribution in [0.5, 0.6) is 0 Å². The van der Waals surface area contributed by atoms with Gasteiger partial charge < -0.3 is 15.5 Å². The van der Waals surface area contributed by atoms with E-state index < -0.39 is 0 Å². The molecular formula is C14H18N4O. The highest BCUT2D eigenvalue weighted by Gasteiger charge is 2.15. The van der Waals surface area contributed by atoms with E-state index in [1.807, 2.05) is 24.0 Å². The van der Waals surface area contributed by atoms with Crippen molar-refractivity contribution in [2.45, 2.75) is 6.92 Å². The Bertz CT molecular complexity index is 501. The minimum absolute atomic E-state index is 0.114. The van der Waals surface area contributed by atoms with Gasteiger partial charge in [-0.3, -0.25) is 4.79 Å². The van der Waals surface area contributed by atoms with E-state index in [4.69, 9.17) is 5.26 Å². The minimum Gasteiger partial charge on any atom is -0.376 e. The Morgan fingerprint density at radius 1 is 1.47 bits per heavy atom. The maximum atomic E-state index is 12.0. The lowest BCUT2D eigenvalue weighted by Crippen LogP contribution is -2.48. The van der Waals surface area contributed by atoms with E-state index in [0.29, 0.717) is 12.1 Å². The SMILES string of the molecule is Cc1cc(NCC(=O)N2CCNCC2)ccc1C#N. The molecular weight excluding hydrogens is 240 g/mol. The smallest absolute Gasteiger partial charge is 0.241 e. The van der Waals surface area contributed by atoms with Gasteiger partial charge in [-0.15, -0.1) is 0 Å². The van der Waals surface area contributed by atoms with Gasteiger partial charge in [0.15, 0.2) is 0 Å². The van der Waals surface area contributed by atoms with Gasteiger partial charge in [0.1, 0.15) is 0 Å². The van der Waals surface area contributed by atoms with Crippen LogP contribution in [0.1, 0.15) is 11.1 Å². The zero-order chi connectivity index (χ0) is 13.7. The second-order valence-electron chi connectivity index (χ2n) is 4.63. The molecule has 100 valence electrons. The highest BCUT2D eigenvalue weighted by atomic mass is 16.2. The summed E-state index contributed by atoms with van der Waals surface area (Å²) in [5.41, 5.74) is 2.46. The molecule has 1 heterocycles. The zero-order valence-corrected chi connectivity index (χ0v) is 11.1. The second kappa shape index (κ2) is 6.21. The number of benzene rings is 1. The van der Waals surface area contributed by atoms with Gasteiger partial charge in [-0.05, 0) is 30.7 Å². The number of nitrogens with zero attached hydrogens (tertiary/aromatic N) is 2. The molecule has 1 fully saturated rings. The largest absolute Gasteiger partial charge is 0.376 e. The minimum atomic E-state index is 0.114. The molecule has 0 aliphatic carbocycles. The van der Waals surface area contributed by atoms with Crippen molar-refractivity contribution < 1.29 is 4.79 Å². The number of aryl methyl sites for hydroxylation is 1. The van der Waals surface area contributed by atoms with Crippen molar-refractivity contribution in [1.82, 2.24) is 10.2 Å². The first-order chi connectivity index (χ1) is 9.20. The Kier molecular flexibility index (Phi) is 4.37. The van der Waals surface area contributed by atoms with Crippen LogP contribution in [0.15, 0.2) is 18.2 Å². The van der Waals surface area contributed by atoms with Gasteiger partial charge in [0.05, 0.1) is 18.2 Å². The van der Waals surface area contributed by atoms with E-state index in [0.717, 1.165) is 37.4 Å². The second-order valence-corrected chi connectivity index (χ2v) is 4.63. The molecule has 1 aliphatic heterocycles. The number of amides is 1. The number of nitrogens with one attached hydrogen (secondary N) is 2. The first kappa shape index (κ1) is 13.4. The third kappa shape index (κ3) is 3.46. The average molecular weight is 258 g/mol. The van der Waals surface area contributed by atoms with Crippen LogP contribution < -0.4 is 10.6 Å². The van der Waals surface area contributed by atoms with E-state index in [2.05, 4.69) is 16.7 Å². The van der Waals surface area contributed by atoms with E-state index >= 15 is 0 Å². The molecule has 0 unspecified atom stereocenters. The Hall–Kier alpha value is -2.06. The number of hydrogen-bond acceptors (Lipinski definition) is 4. The summed E-state index contributed by atoms with van der Waals surface area (Å²) >= 11 is 0. The molecule has 0 saturated carbocycles. The fourth-order valence-electron chi connectivity index (χ4n) is 2.10. The van der Waals surface area contributed by atoms with E-state index in [1.54, 1.807) is 6.07 Å². The Morgan fingerprint density at radius 3 is 2.84 bits per heavy atom. The average Bonchev–Trinajstić information content (AvgIpc) is 2.46.